The van der Waals surface area contributed by atoms with Crippen LogP contribution >= 0.6 is 0 Å². The van der Waals surface area contributed by atoms with Gasteiger partial charge in [0.25, 0.3) is 0 Å². The number of carbonyl (C=O) groups excluding carboxylic acids is 3. The van der Waals surface area contributed by atoms with E-state index in [1.54, 1.807) is 0 Å². The van der Waals surface area contributed by atoms with Crippen molar-refractivity contribution < 1.29 is 24.3 Å². The number of rotatable bonds is 13. The smallest absolute Gasteiger partial charge is 0.326 e. The quantitative estimate of drug-likeness (QED) is 0.216. The van der Waals surface area contributed by atoms with Crippen molar-refractivity contribution in [2.45, 2.75) is 77.5 Å². The molecule has 0 aromatic carbocycles. The zero-order valence-corrected chi connectivity index (χ0v) is 17.2. The summed E-state index contributed by atoms with van der Waals surface area (Å²) in [5, 5.41) is 16.8. The summed E-state index contributed by atoms with van der Waals surface area (Å²) in [6.45, 7) is 7.11. The summed E-state index contributed by atoms with van der Waals surface area (Å²) in [6.07, 6.45) is 1.81. The minimum Gasteiger partial charge on any atom is -0.480 e. The van der Waals surface area contributed by atoms with Crippen molar-refractivity contribution in [1.29, 1.82) is 0 Å². The number of hydrogen-bond acceptors (Lipinski definition) is 6. The Morgan fingerprint density at radius 1 is 0.857 bits per heavy atom. The predicted octanol–water partition coefficient (Wildman–Crippen LogP) is -0.932. The minimum absolute atomic E-state index is 0.0696. The summed E-state index contributed by atoms with van der Waals surface area (Å²) in [6, 6.07) is -3.64. The van der Waals surface area contributed by atoms with E-state index in [1.807, 2.05) is 13.8 Å². The van der Waals surface area contributed by atoms with Crippen LogP contribution in [0.1, 0.15) is 53.4 Å². The topological polar surface area (TPSA) is 177 Å². The highest BCUT2D eigenvalue weighted by atomic mass is 16.4. The van der Waals surface area contributed by atoms with Gasteiger partial charge in [-0.15, -0.1) is 0 Å². The summed E-state index contributed by atoms with van der Waals surface area (Å²) < 4.78 is 0. The normalized spacial score (nSPS) is 15.2. The molecule has 0 spiro atoms. The Hall–Kier alpha value is -2.20. The molecule has 4 atom stereocenters. The molecule has 28 heavy (non-hydrogen) atoms. The van der Waals surface area contributed by atoms with Gasteiger partial charge in [0.05, 0.1) is 6.04 Å². The van der Waals surface area contributed by atoms with Crippen molar-refractivity contribution in [2.24, 2.45) is 17.4 Å². The number of nitrogens with two attached hydrogens (primary N) is 2. The number of carbonyl (C=O) groups is 4. The number of carboxylic acids is 1. The molecular formula is C18H35N5O5. The second kappa shape index (κ2) is 13.1. The van der Waals surface area contributed by atoms with Crippen LogP contribution in [0.3, 0.4) is 0 Å². The molecule has 0 rings (SSSR count). The summed E-state index contributed by atoms with van der Waals surface area (Å²) in [4.78, 5) is 48.0. The molecule has 0 bridgehead atoms. The standard InChI is InChI=1S/C18H35N5O5/c1-10(2)9-14(18(27)28)23-17(26)13(7-5-6-8-19)22-16(25)12(4)21-15(24)11(3)20/h10-14H,5-9,19-20H2,1-4H3,(H,21,24)(H,22,25)(H,23,26)(H,27,28). The third-order valence-corrected chi connectivity index (χ3v) is 4.07. The molecule has 0 heterocycles. The third kappa shape index (κ3) is 10.2. The molecule has 0 aromatic heterocycles. The van der Waals surface area contributed by atoms with Gasteiger partial charge in [-0.3, -0.25) is 14.4 Å². The highest BCUT2D eigenvalue weighted by Crippen LogP contribution is 2.07. The molecule has 4 unspecified atom stereocenters. The van der Waals surface area contributed by atoms with E-state index in [9.17, 15) is 24.3 Å². The van der Waals surface area contributed by atoms with Crippen molar-refractivity contribution in [2.75, 3.05) is 6.54 Å². The first-order valence-corrected chi connectivity index (χ1v) is 9.59. The van der Waals surface area contributed by atoms with Gasteiger partial charge in [-0.2, -0.15) is 0 Å². The zero-order chi connectivity index (χ0) is 21.9. The highest BCUT2D eigenvalue weighted by Gasteiger charge is 2.28. The van der Waals surface area contributed by atoms with Gasteiger partial charge in [0.15, 0.2) is 0 Å². The maximum absolute atomic E-state index is 12.6. The Balaban J connectivity index is 5.08. The van der Waals surface area contributed by atoms with E-state index >= 15 is 0 Å². The summed E-state index contributed by atoms with van der Waals surface area (Å²) in [5.74, 6) is -2.69. The fourth-order valence-corrected chi connectivity index (χ4v) is 2.43. The maximum atomic E-state index is 12.6. The fraction of sp³-hybridized carbons (Fsp3) is 0.778. The van der Waals surface area contributed by atoms with Crippen LogP contribution < -0.4 is 27.4 Å². The van der Waals surface area contributed by atoms with Crippen LogP contribution in [0, 0.1) is 5.92 Å². The van der Waals surface area contributed by atoms with E-state index in [1.165, 1.54) is 13.8 Å². The molecule has 0 radical (unpaired) electrons. The zero-order valence-electron chi connectivity index (χ0n) is 17.2. The summed E-state index contributed by atoms with van der Waals surface area (Å²) in [7, 11) is 0. The van der Waals surface area contributed by atoms with Gasteiger partial charge in [-0.05, 0) is 52.0 Å². The Morgan fingerprint density at radius 2 is 1.43 bits per heavy atom. The van der Waals surface area contributed by atoms with Gasteiger partial charge in [-0.1, -0.05) is 13.8 Å². The van der Waals surface area contributed by atoms with Gasteiger partial charge < -0.3 is 32.5 Å². The molecule has 8 N–H and O–H groups in total. The Bertz CT molecular complexity index is 538. The number of unbranched alkanes of at least 4 members (excludes halogenated alkanes) is 1. The first-order valence-electron chi connectivity index (χ1n) is 9.59. The van der Waals surface area contributed by atoms with Crippen LogP contribution in [0.2, 0.25) is 0 Å². The molecule has 0 fully saturated rings. The second-order valence-electron chi connectivity index (χ2n) is 7.39. The van der Waals surface area contributed by atoms with E-state index in [2.05, 4.69) is 16.0 Å². The van der Waals surface area contributed by atoms with E-state index in [4.69, 9.17) is 11.5 Å². The van der Waals surface area contributed by atoms with Crippen molar-refractivity contribution in [3.8, 4) is 0 Å². The largest absolute Gasteiger partial charge is 0.480 e. The molecule has 0 saturated heterocycles. The van der Waals surface area contributed by atoms with Crippen LogP contribution in [0.25, 0.3) is 0 Å². The first-order chi connectivity index (χ1) is 13.0. The molecule has 10 nitrogen and oxygen atoms in total. The van der Waals surface area contributed by atoms with Crippen LogP contribution in [-0.2, 0) is 19.2 Å². The van der Waals surface area contributed by atoms with Gasteiger partial charge in [0, 0.05) is 0 Å². The monoisotopic (exact) mass is 401 g/mol. The molecule has 0 aliphatic rings. The van der Waals surface area contributed by atoms with E-state index in [-0.39, 0.29) is 12.3 Å². The molecule has 162 valence electrons. The van der Waals surface area contributed by atoms with Crippen molar-refractivity contribution >= 4 is 23.7 Å². The van der Waals surface area contributed by atoms with Gasteiger partial charge in [-0.25, -0.2) is 4.79 Å². The molecular weight excluding hydrogens is 366 g/mol. The first kappa shape index (κ1) is 25.8. The van der Waals surface area contributed by atoms with E-state index < -0.39 is 47.9 Å². The number of carboxylic acid groups (broad SMARTS) is 1. The number of nitrogens with one attached hydrogen (secondary N) is 3. The van der Waals surface area contributed by atoms with Crippen LogP contribution in [0.15, 0.2) is 0 Å². The predicted molar refractivity (Wildman–Crippen MR) is 105 cm³/mol. The molecule has 0 aliphatic carbocycles. The van der Waals surface area contributed by atoms with Gasteiger partial charge in [0.2, 0.25) is 17.7 Å². The Morgan fingerprint density at radius 3 is 1.89 bits per heavy atom. The molecule has 0 aromatic rings. The van der Waals surface area contributed by atoms with Crippen molar-refractivity contribution in [3.05, 3.63) is 0 Å². The average Bonchev–Trinajstić information content (AvgIpc) is 2.59. The average molecular weight is 402 g/mol. The van der Waals surface area contributed by atoms with Crippen LogP contribution in [0.4, 0.5) is 0 Å². The molecule has 10 heteroatoms. The highest BCUT2D eigenvalue weighted by molar-refractivity contribution is 5.93. The maximum Gasteiger partial charge on any atom is 0.326 e. The number of amides is 3. The third-order valence-electron chi connectivity index (χ3n) is 4.07. The lowest BCUT2D eigenvalue weighted by molar-refractivity contribution is -0.142. The lowest BCUT2D eigenvalue weighted by atomic mass is 10.0. The molecule has 0 saturated carbocycles. The molecule has 0 aliphatic heterocycles. The van der Waals surface area contributed by atoms with Crippen LogP contribution in [0.5, 0.6) is 0 Å². The van der Waals surface area contributed by atoms with Crippen molar-refractivity contribution in [1.82, 2.24) is 16.0 Å². The Labute approximate surface area is 166 Å². The van der Waals surface area contributed by atoms with Gasteiger partial charge >= 0.3 is 5.97 Å². The second-order valence-corrected chi connectivity index (χ2v) is 7.39. The SMILES string of the molecule is CC(C)CC(NC(=O)C(CCCCN)NC(=O)C(C)NC(=O)C(C)N)C(=O)O. The summed E-state index contributed by atoms with van der Waals surface area (Å²) >= 11 is 0. The molecule has 3 amide bonds. The van der Waals surface area contributed by atoms with E-state index in [0.717, 1.165) is 0 Å². The van der Waals surface area contributed by atoms with Crippen LogP contribution in [-0.4, -0.2) is 59.5 Å². The fourth-order valence-electron chi connectivity index (χ4n) is 2.43. The number of aliphatic carboxylic acids is 1. The van der Waals surface area contributed by atoms with Gasteiger partial charge in [0.1, 0.15) is 18.1 Å². The van der Waals surface area contributed by atoms with E-state index in [0.29, 0.717) is 25.8 Å². The minimum atomic E-state index is -1.13. The summed E-state index contributed by atoms with van der Waals surface area (Å²) in [5.41, 5.74) is 10.9. The Kier molecular flexibility index (Phi) is 12.0. The lowest BCUT2D eigenvalue weighted by Gasteiger charge is -2.24. The number of hydrogen-bond donors (Lipinski definition) is 6. The van der Waals surface area contributed by atoms with Crippen molar-refractivity contribution in [3.63, 3.8) is 0 Å². The lowest BCUT2D eigenvalue weighted by Crippen LogP contribution is -2.56.